The number of ether oxygens (including phenoxy) is 1. The third kappa shape index (κ3) is 8.15. The highest BCUT2D eigenvalue weighted by molar-refractivity contribution is 6.76. The van der Waals surface area contributed by atoms with E-state index < -0.39 is 19.8 Å². The van der Waals surface area contributed by atoms with Crippen LogP contribution in [0.5, 0.6) is 0 Å². The maximum absolute atomic E-state index is 11.7. The van der Waals surface area contributed by atoms with Gasteiger partial charge in [-0.15, -0.1) is 0 Å². The molecule has 0 spiro atoms. The number of carbonyl (C=O) groups excluding carboxylic acids is 1. The van der Waals surface area contributed by atoms with E-state index in [9.17, 15) is 9.90 Å². The number of nitrogens with two attached hydrogens (primary N) is 1. The van der Waals surface area contributed by atoms with Crippen LogP contribution in [0, 0.1) is 0 Å². The minimum Gasteiger partial charge on any atom is -0.449 e. The summed E-state index contributed by atoms with van der Waals surface area (Å²) in [4.78, 5) is 11.7. The minimum atomic E-state index is -1.18. The van der Waals surface area contributed by atoms with E-state index in [4.69, 9.17) is 10.6 Å². The third-order valence-electron chi connectivity index (χ3n) is 4.39. The zero-order chi connectivity index (χ0) is 16.6. The predicted octanol–water partition coefficient (Wildman–Crippen LogP) is 3.50. The Morgan fingerprint density at radius 2 is 1.86 bits per heavy atom. The van der Waals surface area contributed by atoms with Gasteiger partial charge in [0.15, 0.2) is 0 Å². The smallest absolute Gasteiger partial charge is 0.424 e. The van der Waals surface area contributed by atoms with Gasteiger partial charge in [0.2, 0.25) is 0 Å². The molecule has 0 aliphatic heterocycles. The standard InChI is InChI=1S/C16H34N2O3Si/c1-22(2,3)14-13-21-15(19)18(17)12-8-7-11-16(20)9-5-4-6-10-16/h20H,4-14,17H2,1-3H3. The fraction of sp³-hybridized carbons (Fsp3) is 0.938. The lowest BCUT2D eigenvalue weighted by molar-refractivity contribution is -0.00620. The molecular formula is C16H34N2O3Si. The van der Waals surface area contributed by atoms with Gasteiger partial charge in [0.1, 0.15) is 0 Å². The van der Waals surface area contributed by atoms with Gasteiger partial charge in [-0.05, 0) is 38.1 Å². The Kier molecular flexibility index (Phi) is 7.86. The summed E-state index contributed by atoms with van der Waals surface area (Å²) < 4.78 is 5.19. The van der Waals surface area contributed by atoms with Crippen LogP contribution in [0.4, 0.5) is 4.79 Å². The van der Waals surface area contributed by atoms with Crippen LogP contribution in [0.2, 0.25) is 25.7 Å². The first kappa shape index (κ1) is 19.5. The molecule has 22 heavy (non-hydrogen) atoms. The number of hydrogen-bond acceptors (Lipinski definition) is 4. The van der Waals surface area contributed by atoms with Crippen LogP contribution < -0.4 is 5.84 Å². The number of amides is 1. The quantitative estimate of drug-likeness (QED) is 0.235. The molecule has 1 amide bonds. The van der Waals surface area contributed by atoms with Crippen LogP contribution in [0.3, 0.4) is 0 Å². The van der Waals surface area contributed by atoms with Crippen LogP contribution in [-0.4, -0.2) is 43.0 Å². The second kappa shape index (κ2) is 8.89. The van der Waals surface area contributed by atoms with Gasteiger partial charge < -0.3 is 9.84 Å². The lowest BCUT2D eigenvalue weighted by Crippen LogP contribution is -2.39. The summed E-state index contributed by atoms with van der Waals surface area (Å²) in [5.41, 5.74) is -0.477. The molecule has 0 aromatic heterocycles. The van der Waals surface area contributed by atoms with Gasteiger partial charge in [-0.3, -0.25) is 0 Å². The number of rotatable bonds is 8. The Balaban J connectivity index is 2.11. The van der Waals surface area contributed by atoms with Crippen molar-refractivity contribution in [2.75, 3.05) is 13.2 Å². The monoisotopic (exact) mass is 330 g/mol. The molecule has 1 rings (SSSR count). The van der Waals surface area contributed by atoms with Crippen LogP contribution in [-0.2, 0) is 4.74 Å². The summed E-state index contributed by atoms with van der Waals surface area (Å²) in [6.45, 7) is 7.69. The van der Waals surface area contributed by atoms with Gasteiger partial charge in [0, 0.05) is 14.6 Å². The Labute approximate surface area is 136 Å². The lowest BCUT2D eigenvalue weighted by atomic mass is 9.81. The molecule has 1 fully saturated rings. The van der Waals surface area contributed by atoms with E-state index in [2.05, 4.69) is 19.6 Å². The second-order valence-corrected chi connectivity index (χ2v) is 13.5. The highest BCUT2D eigenvalue weighted by Gasteiger charge is 2.28. The first-order valence-electron chi connectivity index (χ1n) is 8.63. The normalized spacial score (nSPS) is 18.0. The molecule has 0 bridgehead atoms. The average Bonchev–Trinajstić information content (AvgIpc) is 2.42. The Morgan fingerprint density at radius 1 is 1.23 bits per heavy atom. The molecule has 5 nitrogen and oxygen atoms in total. The molecule has 0 unspecified atom stereocenters. The average molecular weight is 331 g/mol. The van der Waals surface area contributed by atoms with Crippen LogP contribution in [0.1, 0.15) is 51.4 Å². The van der Waals surface area contributed by atoms with Crippen molar-refractivity contribution >= 4 is 14.2 Å². The summed E-state index contributed by atoms with van der Waals surface area (Å²) in [6, 6.07) is 0.958. The van der Waals surface area contributed by atoms with Gasteiger partial charge in [-0.2, -0.15) is 0 Å². The van der Waals surface area contributed by atoms with E-state index in [1.54, 1.807) is 0 Å². The first-order valence-corrected chi connectivity index (χ1v) is 12.3. The molecule has 0 aromatic rings. The molecule has 1 aliphatic rings. The van der Waals surface area contributed by atoms with Crippen LogP contribution in [0.25, 0.3) is 0 Å². The van der Waals surface area contributed by atoms with E-state index in [1.165, 1.54) is 6.42 Å². The van der Waals surface area contributed by atoms with Gasteiger partial charge in [-0.1, -0.05) is 38.9 Å². The van der Waals surface area contributed by atoms with Gasteiger partial charge in [0.25, 0.3) is 0 Å². The van der Waals surface area contributed by atoms with Crippen molar-refractivity contribution in [1.82, 2.24) is 5.01 Å². The molecule has 0 saturated heterocycles. The summed E-state index contributed by atoms with van der Waals surface area (Å²) in [5.74, 6) is 5.73. The lowest BCUT2D eigenvalue weighted by Gasteiger charge is -2.32. The first-order chi connectivity index (χ1) is 10.2. The van der Waals surface area contributed by atoms with Crippen LogP contribution >= 0.6 is 0 Å². The SMILES string of the molecule is C[Si](C)(C)CCOC(=O)N(N)CCCCC1(O)CCCCC1. The van der Waals surface area contributed by atoms with Gasteiger partial charge in [0.05, 0.1) is 12.2 Å². The molecule has 3 N–H and O–H groups in total. The Hall–Kier alpha value is -0.593. The Morgan fingerprint density at radius 3 is 2.45 bits per heavy atom. The maximum atomic E-state index is 11.7. The highest BCUT2D eigenvalue weighted by atomic mass is 28.3. The van der Waals surface area contributed by atoms with Gasteiger partial charge >= 0.3 is 6.09 Å². The summed E-state index contributed by atoms with van der Waals surface area (Å²) in [7, 11) is -1.18. The van der Waals surface area contributed by atoms with Crippen molar-refractivity contribution in [2.24, 2.45) is 5.84 Å². The third-order valence-corrected chi connectivity index (χ3v) is 6.09. The van der Waals surface area contributed by atoms with Crippen LogP contribution in [0.15, 0.2) is 0 Å². The molecule has 0 atom stereocenters. The number of unbranched alkanes of at least 4 members (excludes halogenated alkanes) is 1. The van der Waals surface area contributed by atoms with Crippen molar-refractivity contribution in [3.05, 3.63) is 0 Å². The summed E-state index contributed by atoms with van der Waals surface area (Å²) >= 11 is 0. The molecule has 1 aliphatic carbocycles. The van der Waals surface area contributed by atoms with Crippen molar-refractivity contribution in [3.63, 3.8) is 0 Å². The largest absolute Gasteiger partial charge is 0.449 e. The predicted molar refractivity (Wildman–Crippen MR) is 92.3 cm³/mol. The Bertz CT molecular complexity index is 339. The van der Waals surface area contributed by atoms with E-state index in [0.717, 1.165) is 56.0 Å². The number of nitrogens with zero attached hydrogens (tertiary/aromatic N) is 1. The fourth-order valence-electron chi connectivity index (χ4n) is 2.81. The zero-order valence-electron chi connectivity index (χ0n) is 14.6. The molecule has 6 heteroatoms. The summed E-state index contributed by atoms with van der Waals surface area (Å²) in [6.07, 6.45) is 7.40. The molecule has 0 aromatic carbocycles. The highest BCUT2D eigenvalue weighted by Crippen LogP contribution is 2.32. The van der Waals surface area contributed by atoms with Gasteiger partial charge in [-0.25, -0.2) is 15.6 Å². The zero-order valence-corrected chi connectivity index (χ0v) is 15.6. The number of carbonyl (C=O) groups is 1. The van der Waals surface area contributed by atoms with Crippen molar-refractivity contribution in [1.29, 1.82) is 0 Å². The maximum Gasteiger partial charge on any atom is 0.424 e. The summed E-state index contributed by atoms with van der Waals surface area (Å²) in [5, 5.41) is 11.6. The van der Waals surface area contributed by atoms with E-state index in [1.807, 2.05) is 0 Å². The van der Waals surface area contributed by atoms with E-state index >= 15 is 0 Å². The van der Waals surface area contributed by atoms with E-state index in [0.29, 0.717) is 13.2 Å². The number of hydrogen-bond donors (Lipinski definition) is 2. The number of hydrazine groups is 1. The van der Waals surface area contributed by atoms with E-state index in [-0.39, 0.29) is 0 Å². The van der Waals surface area contributed by atoms with Crippen molar-refractivity contribution < 1.29 is 14.6 Å². The second-order valence-electron chi connectivity index (χ2n) is 7.86. The fourth-order valence-corrected chi connectivity index (χ4v) is 3.53. The molecule has 1 saturated carbocycles. The van der Waals surface area contributed by atoms with Crippen molar-refractivity contribution in [2.45, 2.75) is 82.7 Å². The molecule has 0 heterocycles. The molecular weight excluding hydrogens is 296 g/mol. The molecule has 0 radical (unpaired) electrons. The number of aliphatic hydroxyl groups is 1. The minimum absolute atomic E-state index is 0.436. The van der Waals surface area contributed by atoms with Crippen molar-refractivity contribution in [3.8, 4) is 0 Å². The molecule has 130 valence electrons. The topological polar surface area (TPSA) is 75.8 Å².